The number of nitrogens with zero attached hydrogens (tertiary/aromatic N) is 6. The Morgan fingerprint density at radius 2 is 1.09 bits per heavy atom. The van der Waals surface area contributed by atoms with Gasteiger partial charge in [0.05, 0.1) is 50.8 Å². The van der Waals surface area contributed by atoms with Crippen LogP contribution in [0.1, 0.15) is 121 Å². The first-order chi connectivity index (χ1) is 60.1. The number of carbonyl (C=O) groups is 16. The van der Waals surface area contributed by atoms with Crippen LogP contribution >= 0.6 is 11.8 Å². The molecule has 0 bridgehead atoms. The number of H-pyrrole nitrogens is 3. The molecule has 2 saturated heterocycles. The Morgan fingerprint density at radius 3 is 1.68 bits per heavy atom. The topological polar surface area (TPSA) is 562 Å². The average molecular weight is 1770 g/mol. The largest absolute Gasteiger partial charge is 0.394 e. The third-order valence-corrected chi connectivity index (χ3v) is 23.4. The van der Waals surface area contributed by atoms with E-state index in [0.717, 1.165) is 31.8 Å². The van der Waals surface area contributed by atoms with Crippen LogP contribution in [0.2, 0.25) is 0 Å². The van der Waals surface area contributed by atoms with Crippen LogP contribution in [0.3, 0.4) is 0 Å². The fourth-order valence-corrected chi connectivity index (χ4v) is 16.2. The minimum atomic E-state index is -1.77. The van der Waals surface area contributed by atoms with Gasteiger partial charge < -0.3 is 109 Å². The third-order valence-electron chi connectivity index (χ3n) is 22.4. The number of imidazole rings is 1. The van der Waals surface area contributed by atoms with Crippen LogP contribution in [0.5, 0.6) is 0 Å². The Balaban J connectivity index is 1.15. The molecule has 3 aromatic carbocycles. The summed E-state index contributed by atoms with van der Waals surface area (Å²) in [7, 11) is 5.76. The van der Waals surface area contributed by atoms with E-state index in [1.807, 2.05) is 32.0 Å². The van der Waals surface area contributed by atoms with Crippen molar-refractivity contribution in [2.75, 3.05) is 79.1 Å². The highest BCUT2D eigenvalue weighted by molar-refractivity contribution is 8.00. The number of fused-ring (bicyclic) bond motifs is 3. The first-order valence-corrected chi connectivity index (χ1v) is 43.5. The number of nitrogens with one attached hydrogen (secondary N) is 13. The van der Waals surface area contributed by atoms with Crippen molar-refractivity contribution in [1.29, 1.82) is 0 Å². The minimum Gasteiger partial charge on any atom is -0.394 e. The number of hydrogen-bond donors (Lipinski definition) is 17. The van der Waals surface area contributed by atoms with E-state index < -0.39 is 217 Å². The van der Waals surface area contributed by atoms with Gasteiger partial charge in [0.1, 0.15) is 66.5 Å². The second kappa shape index (κ2) is 48.3. The van der Waals surface area contributed by atoms with Gasteiger partial charge in [-0.2, -0.15) is 0 Å². The van der Waals surface area contributed by atoms with Gasteiger partial charge in [-0.15, -0.1) is 11.8 Å². The van der Waals surface area contributed by atoms with Gasteiger partial charge in [-0.25, -0.2) is 4.98 Å². The van der Waals surface area contributed by atoms with E-state index in [1.165, 1.54) is 38.4 Å². The molecule has 19 N–H and O–H groups in total. The molecule has 40 heteroatoms. The fourth-order valence-electron chi connectivity index (χ4n) is 15.3. The number of carbonyl (C=O) groups excluding carboxylic acids is 16. The van der Waals surface area contributed by atoms with Crippen LogP contribution in [-0.2, 0) is 102 Å². The van der Waals surface area contributed by atoms with E-state index >= 15 is 9.59 Å². The molecular weight excluding hydrogens is 1650 g/mol. The maximum atomic E-state index is 15.6. The standard InChI is InChI=1S/C86H121N21O18S/c1-10-12-24-55-42-103(6)69(29-13-11-2)81(120)101-67(45-109)80(119)102-68(76(115)92-41-72(88)111)46-126-47-74(113)95-63(33-51-22-15-14-16-23-51)84(123)105(8)50(5)75(114)97-65(37-71(87)110)86(125)107-31-21-30-70(107)82(121)96-61(36-54-40-89-48-93-54)78(117)98-62(32-49(3)4)83(122)104(7)43-73(112)94-60(34-52-38-90-58-27-19-17-25-56(52)58)77(116)100-66(44-108)79(118)99-64(85(124)106(55)9)35-53-39-91-59-28-20-18-26-57(53)59/h14-20,22-23,25-28,38-40,48-50,55,60-70,90-91,108-109H,10-13,21,24,29-37,41-47H2,1-9H3,(H2,87,110)(H2,88,111)(H,89,93)(H,92,115)(H,94,112)(H,95,113)(H,96,121)(H,97,114)(H,98,117)(H,99,118)(H,100,116)(H,101,120)(H,102,119). The number of thioether (sulfide) groups is 1. The van der Waals surface area contributed by atoms with E-state index in [4.69, 9.17) is 11.5 Å². The summed E-state index contributed by atoms with van der Waals surface area (Å²) in [5.41, 5.74) is 14.6. The van der Waals surface area contributed by atoms with Gasteiger partial charge in [0, 0.05) is 118 Å². The summed E-state index contributed by atoms with van der Waals surface area (Å²) in [4.78, 5) is 250. The van der Waals surface area contributed by atoms with Crippen LogP contribution < -0.4 is 64.6 Å². The number of likely N-dealkylation sites (N-methyl/N-ethyl adjacent to an activating group) is 4. The number of unbranched alkanes of at least 4 members (excludes halogenated alkanes) is 2. The number of amides is 16. The van der Waals surface area contributed by atoms with Crippen molar-refractivity contribution in [2.24, 2.45) is 17.4 Å². The molecule has 13 atom stereocenters. The number of aromatic amines is 3. The molecule has 8 rings (SSSR count). The van der Waals surface area contributed by atoms with Gasteiger partial charge in [0.2, 0.25) is 94.5 Å². The predicted molar refractivity (Wildman–Crippen MR) is 467 cm³/mol. The Morgan fingerprint density at radius 1 is 0.556 bits per heavy atom. The lowest BCUT2D eigenvalue weighted by Gasteiger charge is -2.37. The first-order valence-electron chi connectivity index (χ1n) is 42.4. The number of nitrogens with two attached hydrogens (primary N) is 2. The normalized spacial score (nSPS) is 24.3. The maximum Gasteiger partial charge on any atom is 0.246 e. The Hall–Kier alpha value is -12.3. The molecule has 0 aliphatic carbocycles. The fraction of sp³-hybridized carbons (Fsp3) is 0.523. The summed E-state index contributed by atoms with van der Waals surface area (Å²) in [6.07, 6.45) is 7.67. The number of aromatic nitrogens is 4. The molecule has 16 amide bonds. The molecule has 0 spiro atoms. The van der Waals surface area contributed by atoms with E-state index in [0.29, 0.717) is 70.9 Å². The Labute approximate surface area is 734 Å². The number of aliphatic hydroxyl groups excluding tert-OH is 2. The summed E-state index contributed by atoms with van der Waals surface area (Å²) in [6, 6.07) is 4.39. The monoisotopic (exact) mass is 1770 g/mol. The predicted octanol–water partition coefficient (Wildman–Crippen LogP) is -1.94. The molecule has 2 fully saturated rings. The lowest BCUT2D eigenvalue weighted by Crippen LogP contribution is -2.60. The molecule has 2 aliphatic heterocycles. The van der Waals surface area contributed by atoms with Gasteiger partial charge in [0.15, 0.2) is 0 Å². The van der Waals surface area contributed by atoms with Crippen LogP contribution in [0, 0.1) is 5.92 Å². The van der Waals surface area contributed by atoms with Crippen molar-refractivity contribution >= 4 is 128 Å². The molecule has 13 unspecified atom stereocenters. The second-order valence-electron chi connectivity index (χ2n) is 32.5. The van der Waals surface area contributed by atoms with Crippen molar-refractivity contribution in [3.05, 3.63) is 126 Å². The van der Waals surface area contributed by atoms with Crippen molar-refractivity contribution in [1.82, 2.24) is 97.6 Å². The molecular formula is C86H121N21O18S. The molecule has 5 heterocycles. The van der Waals surface area contributed by atoms with Crippen molar-refractivity contribution in [3.8, 4) is 0 Å². The number of hydrogen-bond acceptors (Lipinski definition) is 21. The van der Waals surface area contributed by atoms with E-state index in [1.54, 1.807) is 106 Å². The number of primary amides is 2. The van der Waals surface area contributed by atoms with E-state index in [2.05, 4.69) is 73.1 Å². The van der Waals surface area contributed by atoms with Crippen LogP contribution in [0.15, 0.2) is 104 Å². The average Bonchev–Trinajstić information content (AvgIpc) is 1.68. The van der Waals surface area contributed by atoms with Crippen molar-refractivity contribution < 1.29 is 86.9 Å². The molecule has 2 aliphatic rings. The highest BCUT2D eigenvalue weighted by Crippen LogP contribution is 2.26. The Bertz CT molecular complexity index is 4780. The van der Waals surface area contributed by atoms with Crippen molar-refractivity contribution in [2.45, 2.75) is 203 Å². The summed E-state index contributed by atoms with van der Waals surface area (Å²) >= 11 is 0.800. The quantitative estimate of drug-likeness (QED) is 0.0332. The van der Waals surface area contributed by atoms with Gasteiger partial charge in [-0.3, -0.25) is 81.6 Å². The highest BCUT2D eigenvalue weighted by atomic mass is 32.2. The number of rotatable bonds is 23. The first kappa shape index (κ1) is 99.1. The zero-order valence-corrected chi connectivity index (χ0v) is 73.4. The minimum absolute atomic E-state index is 0.00785. The number of para-hydroxylation sites is 2. The number of aliphatic hydroxyl groups is 2. The smallest absolute Gasteiger partial charge is 0.246 e. The molecule has 0 radical (unpaired) electrons. The van der Waals surface area contributed by atoms with Crippen LogP contribution in [0.4, 0.5) is 0 Å². The SMILES string of the molecule is CCCCC1C(=O)NC(CO)C(=O)NC(C(=O)NCC(N)=O)CSCC(=O)NC(Cc2ccccc2)C(=O)N(C)C(C)C(=O)NC(CC(N)=O)C(=O)N2CCCC2C(=O)NC(Cc2cnc[nH]2)C(=O)NC(CC(C)C)C(=O)N(C)CC(=O)NC(Cc2c[nH]c3ccccc23)C(=O)NC(CO)C(=O)NC(Cc2c[nH]c3ccccc23)C(=O)N(C)C(CCCC)CN1C. The summed E-state index contributed by atoms with van der Waals surface area (Å²) < 4.78 is 0. The zero-order valence-electron chi connectivity index (χ0n) is 72.6. The lowest BCUT2D eigenvalue weighted by molar-refractivity contribution is -0.145. The molecule has 126 heavy (non-hydrogen) atoms. The zero-order chi connectivity index (χ0) is 92.0. The van der Waals surface area contributed by atoms with Gasteiger partial charge in [0.25, 0.3) is 0 Å². The summed E-state index contributed by atoms with van der Waals surface area (Å²) in [5, 5.41) is 49.7. The molecule has 0 saturated carbocycles. The summed E-state index contributed by atoms with van der Waals surface area (Å²) in [5.74, 6) is -15.4. The van der Waals surface area contributed by atoms with Gasteiger partial charge in [-0.1, -0.05) is 120 Å². The summed E-state index contributed by atoms with van der Waals surface area (Å²) in [6.45, 7) is 5.25. The molecule has 3 aromatic heterocycles. The number of benzene rings is 3. The van der Waals surface area contributed by atoms with Crippen molar-refractivity contribution in [3.63, 3.8) is 0 Å². The van der Waals surface area contributed by atoms with Gasteiger partial charge in [-0.05, 0) is 80.8 Å². The Kier molecular flexibility index (Phi) is 38.0. The van der Waals surface area contributed by atoms with Crippen LogP contribution in [-0.4, -0.2) is 307 Å². The lowest BCUT2D eigenvalue weighted by atomic mass is 10.0. The van der Waals surface area contributed by atoms with Crippen LogP contribution in [0.25, 0.3) is 21.8 Å². The highest BCUT2D eigenvalue weighted by Gasteiger charge is 2.43. The second-order valence-corrected chi connectivity index (χ2v) is 33.5. The molecule has 6 aromatic rings. The third kappa shape index (κ3) is 28.4. The van der Waals surface area contributed by atoms with Gasteiger partial charge >= 0.3 is 0 Å². The molecule has 684 valence electrons. The van der Waals surface area contributed by atoms with E-state index in [-0.39, 0.29) is 70.4 Å². The maximum absolute atomic E-state index is 15.6. The van der Waals surface area contributed by atoms with E-state index in [9.17, 15) is 77.3 Å². The molecule has 39 nitrogen and oxygen atoms in total.